The Hall–Kier alpha value is -3.41. The van der Waals surface area contributed by atoms with Crippen molar-refractivity contribution in [3.63, 3.8) is 0 Å². The van der Waals surface area contributed by atoms with Gasteiger partial charge in [0.1, 0.15) is 5.82 Å². The minimum absolute atomic E-state index is 0.217. The lowest BCUT2D eigenvalue weighted by atomic mass is 10.1. The molecular weight excluding hydrogens is 328 g/mol. The Morgan fingerprint density at radius 1 is 0.885 bits per heavy atom. The largest absolute Gasteiger partial charge is 0.478 e. The van der Waals surface area contributed by atoms with E-state index < -0.39 is 5.97 Å². The van der Waals surface area contributed by atoms with Crippen LogP contribution in [0.1, 0.15) is 27.2 Å². The molecule has 0 spiro atoms. The standard InChI is InChI=1S/C20H20N4O2/c1-12-7-8-17(9-13(12)2)23-20-21-14(3)10-18(24-20)22-16-6-4-5-15(11-16)19(25)26/h4-11H,1-3H3,(H,25,26)(H2,21,22,23,24). The van der Waals surface area contributed by atoms with Crippen molar-refractivity contribution >= 4 is 29.1 Å². The Bertz CT molecular complexity index is 970. The minimum Gasteiger partial charge on any atom is -0.478 e. The molecule has 1 heterocycles. The van der Waals surface area contributed by atoms with Crippen molar-refractivity contribution in [3.8, 4) is 0 Å². The smallest absolute Gasteiger partial charge is 0.335 e. The van der Waals surface area contributed by atoms with E-state index in [2.05, 4.69) is 34.4 Å². The molecule has 2 aromatic carbocycles. The predicted octanol–water partition coefficient (Wildman–Crippen LogP) is 4.59. The van der Waals surface area contributed by atoms with Gasteiger partial charge in [-0.05, 0) is 62.2 Å². The summed E-state index contributed by atoms with van der Waals surface area (Å²) >= 11 is 0. The summed E-state index contributed by atoms with van der Waals surface area (Å²) in [5.41, 5.74) is 4.99. The van der Waals surface area contributed by atoms with E-state index in [-0.39, 0.29) is 5.56 Å². The van der Waals surface area contributed by atoms with E-state index in [1.807, 2.05) is 25.1 Å². The van der Waals surface area contributed by atoms with Crippen LogP contribution in [-0.2, 0) is 0 Å². The van der Waals surface area contributed by atoms with E-state index >= 15 is 0 Å². The maximum absolute atomic E-state index is 11.1. The molecule has 0 aliphatic heterocycles. The molecule has 3 rings (SSSR count). The van der Waals surface area contributed by atoms with Gasteiger partial charge in [0.05, 0.1) is 5.56 Å². The number of hydrogen-bond acceptors (Lipinski definition) is 5. The average molecular weight is 348 g/mol. The first-order chi connectivity index (χ1) is 12.4. The summed E-state index contributed by atoms with van der Waals surface area (Å²) in [6.45, 7) is 6.00. The number of hydrogen-bond donors (Lipinski definition) is 3. The number of anilines is 4. The van der Waals surface area contributed by atoms with Crippen molar-refractivity contribution in [2.24, 2.45) is 0 Å². The molecule has 132 valence electrons. The van der Waals surface area contributed by atoms with Gasteiger partial charge in [-0.2, -0.15) is 4.98 Å². The fourth-order valence-electron chi connectivity index (χ4n) is 2.51. The van der Waals surface area contributed by atoms with Crippen molar-refractivity contribution in [2.45, 2.75) is 20.8 Å². The Kier molecular flexibility index (Phi) is 4.84. The van der Waals surface area contributed by atoms with Gasteiger partial charge in [0, 0.05) is 23.1 Å². The normalized spacial score (nSPS) is 10.4. The molecule has 1 aromatic heterocycles. The third kappa shape index (κ3) is 4.16. The summed E-state index contributed by atoms with van der Waals surface area (Å²) in [5.74, 6) is 0.0983. The fourth-order valence-corrected chi connectivity index (χ4v) is 2.51. The second-order valence-corrected chi connectivity index (χ2v) is 6.15. The molecule has 3 N–H and O–H groups in total. The molecule has 0 unspecified atom stereocenters. The van der Waals surface area contributed by atoms with Gasteiger partial charge in [-0.15, -0.1) is 0 Å². The third-order valence-corrected chi connectivity index (χ3v) is 4.00. The van der Waals surface area contributed by atoms with E-state index in [1.165, 1.54) is 11.1 Å². The van der Waals surface area contributed by atoms with Gasteiger partial charge < -0.3 is 15.7 Å². The number of carboxylic acids is 1. The number of aromatic nitrogens is 2. The Morgan fingerprint density at radius 3 is 2.38 bits per heavy atom. The number of nitrogens with zero attached hydrogens (tertiary/aromatic N) is 2. The number of aryl methyl sites for hydroxylation is 3. The lowest BCUT2D eigenvalue weighted by molar-refractivity contribution is 0.0697. The number of nitrogens with one attached hydrogen (secondary N) is 2. The highest BCUT2D eigenvalue weighted by Crippen LogP contribution is 2.21. The van der Waals surface area contributed by atoms with Gasteiger partial charge in [-0.3, -0.25) is 0 Å². The lowest BCUT2D eigenvalue weighted by Crippen LogP contribution is -2.03. The third-order valence-electron chi connectivity index (χ3n) is 4.00. The van der Waals surface area contributed by atoms with E-state index in [4.69, 9.17) is 5.11 Å². The molecule has 0 bridgehead atoms. The van der Waals surface area contributed by atoms with Crippen molar-refractivity contribution < 1.29 is 9.90 Å². The van der Waals surface area contributed by atoms with Crippen LogP contribution in [0.25, 0.3) is 0 Å². The first-order valence-electron chi connectivity index (χ1n) is 8.21. The van der Waals surface area contributed by atoms with Gasteiger partial charge in [0.25, 0.3) is 0 Å². The van der Waals surface area contributed by atoms with E-state index in [1.54, 1.807) is 30.3 Å². The summed E-state index contributed by atoms with van der Waals surface area (Å²) in [4.78, 5) is 20.0. The van der Waals surface area contributed by atoms with Gasteiger partial charge in [0.2, 0.25) is 5.95 Å². The second kappa shape index (κ2) is 7.23. The highest BCUT2D eigenvalue weighted by atomic mass is 16.4. The van der Waals surface area contributed by atoms with Crippen LogP contribution in [-0.4, -0.2) is 21.0 Å². The van der Waals surface area contributed by atoms with Gasteiger partial charge in [-0.1, -0.05) is 12.1 Å². The van der Waals surface area contributed by atoms with E-state index in [0.29, 0.717) is 17.5 Å². The van der Waals surface area contributed by atoms with Crippen LogP contribution in [0.2, 0.25) is 0 Å². The zero-order chi connectivity index (χ0) is 18.7. The summed E-state index contributed by atoms with van der Waals surface area (Å²) in [6, 6.07) is 14.5. The molecule has 0 amide bonds. The molecule has 0 atom stereocenters. The lowest BCUT2D eigenvalue weighted by Gasteiger charge is -2.11. The van der Waals surface area contributed by atoms with Crippen LogP contribution in [0.3, 0.4) is 0 Å². The monoisotopic (exact) mass is 348 g/mol. The molecule has 6 nitrogen and oxygen atoms in total. The van der Waals surface area contributed by atoms with Crippen LogP contribution in [0.5, 0.6) is 0 Å². The average Bonchev–Trinajstić information content (AvgIpc) is 2.58. The first kappa shape index (κ1) is 17.4. The van der Waals surface area contributed by atoms with E-state index in [0.717, 1.165) is 11.4 Å². The molecule has 3 aromatic rings. The molecular formula is C20H20N4O2. The summed E-state index contributed by atoms with van der Waals surface area (Å²) in [5, 5.41) is 15.5. The van der Waals surface area contributed by atoms with Crippen molar-refractivity contribution in [3.05, 3.63) is 70.9 Å². The SMILES string of the molecule is Cc1cc(Nc2cccc(C(=O)O)c2)nc(Nc2ccc(C)c(C)c2)n1. The number of carbonyl (C=O) groups is 1. The van der Waals surface area contributed by atoms with Gasteiger partial charge in [-0.25, -0.2) is 9.78 Å². The highest BCUT2D eigenvalue weighted by molar-refractivity contribution is 5.89. The predicted molar refractivity (Wildman–Crippen MR) is 103 cm³/mol. The van der Waals surface area contributed by atoms with Crippen LogP contribution in [0.4, 0.5) is 23.1 Å². The van der Waals surface area contributed by atoms with Crippen LogP contribution < -0.4 is 10.6 Å². The summed E-state index contributed by atoms with van der Waals surface area (Å²) in [6.07, 6.45) is 0. The topological polar surface area (TPSA) is 87.1 Å². The van der Waals surface area contributed by atoms with Crippen molar-refractivity contribution in [1.29, 1.82) is 0 Å². The van der Waals surface area contributed by atoms with Crippen molar-refractivity contribution in [1.82, 2.24) is 9.97 Å². The van der Waals surface area contributed by atoms with Crippen LogP contribution >= 0.6 is 0 Å². The Balaban J connectivity index is 1.84. The molecule has 0 fully saturated rings. The quantitative estimate of drug-likeness (QED) is 0.625. The van der Waals surface area contributed by atoms with Gasteiger partial charge in [0.15, 0.2) is 0 Å². The molecule has 26 heavy (non-hydrogen) atoms. The van der Waals surface area contributed by atoms with Gasteiger partial charge >= 0.3 is 5.97 Å². The maximum Gasteiger partial charge on any atom is 0.335 e. The zero-order valence-corrected chi connectivity index (χ0v) is 14.9. The van der Waals surface area contributed by atoms with Crippen LogP contribution in [0.15, 0.2) is 48.5 Å². The van der Waals surface area contributed by atoms with Crippen LogP contribution in [0, 0.1) is 20.8 Å². The fraction of sp³-hybridized carbons (Fsp3) is 0.150. The second-order valence-electron chi connectivity index (χ2n) is 6.15. The number of rotatable bonds is 5. The van der Waals surface area contributed by atoms with E-state index in [9.17, 15) is 4.79 Å². The first-order valence-corrected chi connectivity index (χ1v) is 8.21. The number of benzene rings is 2. The molecule has 6 heteroatoms. The molecule has 0 aliphatic carbocycles. The van der Waals surface area contributed by atoms with Crippen molar-refractivity contribution in [2.75, 3.05) is 10.6 Å². The molecule has 0 aliphatic rings. The number of aromatic carboxylic acids is 1. The summed E-state index contributed by atoms with van der Waals surface area (Å²) < 4.78 is 0. The molecule has 0 saturated carbocycles. The Morgan fingerprint density at radius 2 is 1.65 bits per heavy atom. The maximum atomic E-state index is 11.1. The minimum atomic E-state index is -0.968. The summed E-state index contributed by atoms with van der Waals surface area (Å²) in [7, 11) is 0. The highest BCUT2D eigenvalue weighted by Gasteiger charge is 2.07. The Labute approximate surface area is 152 Å². The molecule has 0 radical (unpaired) electrons. The number of carboxylic acid groups (broad SMARTS) is 1. The molecule has 0 saturated heterocycles. The zero-order valence-electron chi connectivity index (χ0n) is 14.9.